The largest absolute Gasteiger partial charge is 0.355 e. The number of carbonyl (C=O) groups excluding carboxylic acids is 1. The molecule has 1 amide bonds. The molecule has 1 unspecified atom stereocenters. The Morgan fingerprint density at radius 2 is 2.24 bits per heavy atom. The third-order valence-corrected chi connectivity index (χ3v) is 4.16. The molecule has 0 aromatic rings. The first-order chi connectivity index (χ1) is 8.03. The van der Waals surface area contributed by atoms with Crippen molar-refractivity contribution in [2.24, 2.45) is 5.92 Å². The molecule has 1 atom stereocenters. The lowest BCUT2D eigenvalue weighted by molar-refractivity contribution is -0.121. The molecule has 0 radical (unpaired) electrons. The van der Waals surface area contributed by atoms with Crippen molar-refractivity contribution in [3.63, 3.8) is 0 Å². The average molecular weight is 263 g/mol. The van der Waals surface area contributed by atoms with Crippen LogP contribution >= 0.6 is 0 Å². The Bertz CT molecular complexity index is 337. The van der Waals surface area contributed by atoms with Crippen LogP contribution < -0.4 is 15.4 Å². The van der Waals surface area contributed by atoms with Gasteiger partial charge in [0.15, 0.2) is 0 Å². The fourth-order valence-electron chi connectivity index (χ4n) is 1.84. The highest BCUT2D eigenvalue weighted by molar-refractivity contribution is 7.89. The second-order valence-corrected chi connectivity index (χ2v) is 6.16. The van der Waals surface area contributed by atoms with E-state index in [0.717, 1.165) is 19.5 Å². The van der Waals surface area contributed by atoms with Gasteiger partial charge in [0.25, 0.3) is 0 Å². The zero-order valence-corrected chi connectivity index (χ0v) is 11.0. The van der Waals surface area contributed by atoms with E-state index in [-0.39, 0.29) is 18.2 Å². The van der Waals surface area contributed by atoms with Crippen molar-refractivity contribution in [3.8, 4) is 0 Å². The normalized spacial score (nSPS) is 20.4. The third kappa shape index (κ3) is 5.99. The minimum Gasteiger partial charge on any atom is -0.355 e. The second-order valence-electron chi connectivity index (χ2n) is 4.23. The highest BCUT2D eigenvalue weighted by atomic mass is 32.2. The molecule has 0 bridgehead atoms. The van der Waals surface area contributed by atoms with Crippen LogP contribution in [0, 0.1) is 5.92 Å². The van der Waals surface area contributed by atoms with Crippen molar-refractivity contribution in [2.75, 3.05) is 31.9 Å². The summed E-state index contributed by atoms with van der Waals surface area (Å²) in [7, 11) is -3.23. The van der Waals surface area contributed by atoms with Gasteiger partial charge in [0.05, 0.1) is 5.75 Å². The molecule has 0 aromatic carbocycles. The molecule has 3 N–H and O–H groups in total. The molecule has 1 fully saturated rings. The van der Waals surface area contributed by atoms with E-state index in [1.165, 1.54) is 0 Å². The summed E-state index contributed by atoms with van der Waals surface area (Å²) in [6.07, 6.45) is 1.50. The highest BCUT2D eigenvalue weighted by Gasteiger charge is 2.18. The van der Waals surface area contributed by atoms with Gasteiger partial charge in [-0.2, -0.15) is 0 Å². The lowest BCUT2D eigenvalue weighted by Crippen LogP contribution is -2.35. The smallest absolute Gasteiger partial charge is 0.220 e. The van der Waals surface area contributed by atoms with Crippen LogP contribution in [0.4, 0.5) is 0 Å². The minimum atomic E-state index is -3.23. The first-order valence-corrected chi connectivity index (χ1v) is 7.63. The number of sulfonamides is 1. The molecule has 17 heavy (non-hydrogen) atoms. The molecule has 0 aliphatic carbocycles. The Morgan fingerprint density at radius 3 is 2.82 bits per heavy atom. The summed E-state index contributed by atoms with van der Waals surface area (Å²) in [5, 5.41) is 5.83. The van der Waals surface area contributed by atoms with Crippen molar-refractivity contribution in [1.82, 2.24) is 15.4 Å². The van der Waals surface area contributed by atoms with E-state index >= 15 is 0 Å². The van der Waals surface area contributed by atoms with Crippen molar-refractivity contribution in [2.45, 2.75) is 19.8 Å². The van der Waals surface area contributed by atoms with Gasteiger partial charge in [0.1, 0.15) is 0 Å². The highest BCUT2D eigenvalue weighted by Crippen LogP contribution is 2.11. The molecule has 1 rings (SSSR count). The van der Waals surface area contributed by atoms with Crippen LogP contribution in [0.15, 0.2) is 0 Å². The van der Waals surface area contributed by atoms with Gasteiger partial charge in [-0.3, -0.25) is 4.79 Å². The van der Waals surface area contributed by atoms with Gasteiger partial charge in [0.2, 0.25) is 15.9 Å². The Kier molecular flexibility index (Phi) is 5.87. The van der Waals surface area contributed by atoms with Gasteiger partial charge in [-0.05, 0) is 25.4 Å². The Hall–Kier alpha value is -0.660. The molecule has 100 valence electrons. The maximum Gasteiger partial charge on any atom is 0.220 e. The summed E-state index contributed by atoms with van der Waals surface area (Å²) in [6, 6.07) is 0. The number of carbonyl (C=O) groups is 1. The first-order valence-electron chi connectivity index (χ1n) is 5.98. The lowest BCUT2D eigenvalue weighted by Gasteiger charge is -2.09. The standard InChI is InChI=1S/C10H21N3O3S/c1-2-13-17(15,16)6-5-12-10(14)7-9-3-4-11-8-9/h9,11,13H,2-8H2,1H3,(H,12,14). The van der Waals surface area contributed by atoms with Crippen molar-refractivity contribution in [3.05, 3.63) is 0 Å². The quantitative estimate of drug-likeness (QED) is 0.552. The van der Waals surface area contributed by atoms with E-state index in [0.29, 0.717) is 18.9 Å². The van der Waals surface area contributed by atoms with E-state index in [4.69, 9.17) is 0 Å². The monoisotopic (exact) mass is 263 g/mol. The summed E-state index contributed by atoms with van der Waals surface area (Å²) < 4.78 is 24.9. The van der Waals surface area contributed by atoms with Gasteiger partial charge in [-0.25, -0.2) is 13.1 Å². The molecule has 0 aromatic heterocycles. The fraction of sp³-hybridized carbons (Fsp3) is 0.900. The fourth-order valence-corrected chi connectivity index (χ4v) is 2.79. The molecule has 1 heterocycles. The molecule has 1 saturated heterocycles. The SMILES string of the molecule is CCNS(=O)(=O)CCNC(=O)CC1CCNC1. The van der Waals surface area contributed by atoms with Crippen LogP contribution in [0.25, 0.3) is 0 Å². The van der Waals surface area contributed by atoms with E-state index in [2.05, 4.69) is 15.4 Å². The summed E-state index contributed by atoms with van der Waals surface area (Å²) in [5.74, 6) is 0.265. The lowest BCUT2D eigenvalue weighted by atomic mass is 10.1. The second kappa shape index (κ2) is 6.93. The van der Waals surface area contributed by atoms with E-state index in [9.17, 15) is 13.2 Å². The zero-order valence-electron chi connectivity index (χ0n) is 10.2. The van der Waals surface area contributed by atoms with Gasteiger partial charge in [-0.1, -0.05) is 6.92 Å². The molecule has 0 saturated carbocycles. The molecule has 0 spiro atoms. The van der Waals surface area contributed by atoms with E-state index < -0.39 is 10.0 Å². The van der Waals surface area contributed by atoms with Crippen molar-refractivity contribution < 1.29 is 13.2 Å². The minimum absolute atomic E-state index is 0.0600. The van der Waals surface area contributed by atoms with Crippen LogP contribution in [-0.4, -0.2) is 46.3 Å². The van der Waals surface area contributed by atoms with Crippen LogP contribution in [-0.2, 0) is 14.8 Å². The molecule has 7 heteroatoms. The number of hydrogen-bond acceptors (Lipinski definition) is 4. The van der Waals surface area contributed by atoms with Gasteiger partial charge >= 0.3 is 0 Å². The predicted molar refractivity (Wildman–Crippen MR) is 66.1 cm³/mol. The first kappa shape index (κ1) is 14.4. The van der Waals surface area contributed by atoms with Crippen LogP contribution in [0.5, 0.6) is 0 Å². The number of amides is 1. The average Bonchev–Trinajstić information content (AvgIpc) is 2.69. The maximum atomic E-state index is 11.5. The van der Waals surface area contributed by atoms with Crippen molar-refractivity contribution >= 4 is 15.9 Å². The maximum absolute atomic E-state index is 11.5. The Labute approximate surface area is 103 Å². The van der Waals surface area contributed by atoms with Gasteiger partial charge < -0.3 is 10.6 Å². The molecule has 6 nitrogen and oxygen atoms in total. The third-order valence-electron chi connectivity index (χ3n) is 2.69. The molecular formula is C10H21N3O3S. The van der Waals surface area contributed by atoms with E-state index in [1.54, 1.807) is 6.92 Å². The number of rotatable bonds is 7. The van der Waals surface area contributed by atoms with Crippen LogP contribution in [0.2, 0.25) is 0 Å². The molecule has 1 aliphatic heterocycles. The van der Waals surface area contributed by atoms with Crippen molar-refractivity contribution in [1.29, 1.82) is 0 Å². The molecular weight excluding hydrogens is 242 g/mol. The number of nitrogens with one attached hydrogen (secondary N) is 3. The molecule has 1 aliphatic rings. The van der Waals surface area contributed by atoms with Gasteiger partial charge in [0, 0.05) is 19.5 Å². The topological polar surface area (TPSA) is 87.3 Å². The Balaban J connectivity index is 2.15. The Morgan fingerprint density at radius 1 is 1.47 bits per heavy atom. The summed E-state index contributed by atoms with van der Waals surface area (Å²) >= 11 is 0. The van der Waals surface area contributed by atoms with Crippen LogP contribution in [0.3, 0.4) is 0 Å². The predicted octanol–water partition coefficient (Wildman–Crippen LogP) is -0.958. The summed E-state index contributed by atoms with van der Waals surface area (Å²) in [5.41, 5.74) is 0. The van der Waals surface area contributed by atoms with Crippen LogP contribution in [0.1, 0.15) is 19.8 Å². The summed E-state index contributed by atoms with van der Waals surface area (Å²) in [4.78, 5) is 11.5. The number of hydrogen-bond donors (Lipinski definition) is 3. The summed E-state index contributed by atoms with van der Waals surface area (Å²) in [6.45, 7) is 4.12. The van der Waals surface area contributed by atoms with E-state index in [1.807, 2.05) is 0 Å². The van der Waals surface area contributed by atoms with Gasteiger partial charge in [-0.15, -0.1) is 0 Å². The zero-order chi connectivity index (χ0) is 12.7.